The fraction of sp³-hybridized carbons (Fsp3) is 0.233. The van der Waals surface area contributed by atoms with Crippen LogP contribution in [0, 0.1) is 11.3 Å². The van der Waals surface area contributed by atoms with E-state index in [1.54, 1.807) is 72.8 Å². The highest BCUT2D eigenvalue weighted by atomic mass is 16.5. The zero-order chi connectivity index (χ0) is 26.7. The first-order chi connectivity index (χ1) is 17.7. The largest absolute Gasteiger partial charge is 0.507 e. The topological polar surface area (TPSA) is 99.9 Å². The molecule has 1 amide bonds. The van der Waals surface area contributed by atoms with Gasteiger partial charge in [0.2, 0.25) is 0 Å². The second-order valence-corrected chi connectivity index (χ2v) is 9.26. The summed E-state index contributed by atoms with van der Waals surface area (Å²) in [5, 5.41) is 20.5. The average Bonchev–Trinajstić information content (AvgIpc) is 3.14. The van der Waals surface area contributed by atoms with Crippen molar-refractivity contribution in [2.24, 2.45) is 0 Å². The predicted molar refractivity (Wildman–Crippen MR) is 140 cm³/mol. The molecule has 1 fully saturated rings. The van der Waals surface area contributed by atoms with E-state index in [1.165, 1.54) is 4.90 Å². The van der Waals surface area contributed by atoms with E-state index in [0.29, 0.717) is 33.9 Å². The standard InChI is InChI=1S/C30H28N2O5/c1-18(2)36-24-14-10-21(11-15-24)28(33)26-27(22-6-5-7-25(16-22)37-19(3)4)32(30(35)29(26)34)23-12-8-20(17-31)9-13-23/h5-16,18-19,27,33H,1-4H3/b28-26-. The van der Waals surface area contributed by atoms with Gasteiger partial charge in [-0.25, -0.2) is 0 Å². The number of Topliss-reactive ketones (excluding diaryl/α,β-unsaturated/α-hetero) is 1. The SMILES string of the molecule is CC(C)Oc1ccc(/C(O)=C2/C(=O)C(=O)N(c3ccc(C#N)cc3)C2c2cccc(OC(C)C)c2)cc1. The second kappa shape index (κ2) is 10.6. The van der Waals surface area contributed by atoms with Crippen molar-refractivity contribution in [1.82, 2.24) is 0 Å². The number of ether oxygens (including phenoxy) is 2. The number of aliphatic hydroxyl groups is 1. The molecule has 7 heteroatoms. The maximum Gasteiger partial charge on any atom is 0.300 e. The fourth-order valence-corrected chi connectivity index (χ4v) is 4.26. The molecule has 1 N–H and O–H groups in total. The van der Waals surface area contributed by atoms with Gasteiger partial charge in [0.1, 0.15) is 17.3 Å². The summed E-state index contributed by atoms with van der Waals surface area (Å²) < 4.78 is 11.5. The van der Waals surface area contributed by atoms with Crippen LogP contribution in [-0.4, -0.2) is 29.0 Å². The van der Waals surface area contributed by atoms with Crippen molar-refractivity contribution in [3.05, 3.63) is 95.1 Å². The van der Waals surface area contributed by atoms with Gasteiger partial charge in [-0.3, -0.25) is 14.5 Å². The van der Waals surface area contributed by atoms with E-state index >= 15 is 0 Å². The molecule has 188 valence electrons. The van der Waals surface area contributed by atoms with E-state index in [-0.39, 0.29) is 23.5 Å². The molecule has 37 heavy (non-hydrogen) atoms. The number of carbonyl (C=O) groups excluding carboxylic acids is 2. The quantitative estimate of drug-likeness (QED) is 0.254. The van der Waals surface area contributed by atoms with Crippen LogP contribution in [0.1, 0.15) is 50.4 Å². The van der Waals surface area contributed by atoms with Crippen LogP contribution in [0.5, 0.6) is 11.5 Å². The summed E-state index contributed by atoms with van der Waals surface area (Å²) in [5.41, 5.74) is 1.80. The van der Waals surface area contributed by atoms with Crippen LogP contribution >= 0.6 is 0 Å². The van der Waals surface area contributed by atoms with Crippen LogP contribution in [-0.2, 0) is 9.59 Å². The number of nitrogens with zero attached hydrogens (tertiary/aromatic N) is 2. The summed E-state index contributed by atoms with van der Waals surface area (Å²) in [4.78, 5) is 28.1. The lowest BCUT2D eigenvalue weighted by atomic mass is 9.95. The predicted octanol–water partition coefficient (Wildman–Crippen LogP) is 5.76. The number of hydrogen-bond donors (Lipinski definition) is 1. The van der Waals surface area contributed by atoms with Crippen molar-refractivity contribution in [1.29, 1.82) is 5.26 Å². The second-order valence-electron chi connectivity index (χ2n) is 9.26. The zero-order valence-electron chi connectivity index (χ0n) is 21.1. The van der Waals surface area contributed by atoms with E-state index in [0.717, 1.165) is 0 Å². The number of nitriles is 1. The summed E-state index contributed by atoms with van der Waals surface area (Å²) >= 11 is 0. The van der Waals surface area contributed by atoms with Crippen LogP contribution < -0.4 is 14.4 Å². The molecule has 0 aromatic heterocycles. The average molecular weight is 497 g/mol. The van der Waals surface area contributed by atoms with Crippen LogP contribution in [0.25, 0.3) is 5.76 Å². The van der Waals surface area contributed by atoms with Crippen LogP contribution in [0.3, 0.4) is 0 Å². The molecule has 0 bridgehead atoms. The van der Waals surface area contributed by atoms with Gasteiger partial charge in [0.15, 0.2) is 0 Å². The van der Waals surface area contributed by atoms with Crippen molar-refractivity contribution in [3.63, 3.8) is 0 Å². The van der Waals surface area contributed by atoms with Crippen LogP contribution in [0.2, 0.25) is 0 Å². The van der Waals surface area contributed by atoms with Gasteiger partial charge in [0, 0.05) is 11.3 Å². The molecule has 3 aromatic rings. The molecule has 0 aliphatic carbocycles. The molecule has 1 aliphatic heterocycles. The third-order valence-electron chi connectivity index (χ3n) is 5.76. The number of benzene rings is 3. The molecule has 1 saturated heterocycles. The lowest BCUT2D eigenvalue weighted by Gasteiger charge is -2.26. The molecular formula is C30H28N2O5. The van der Waals surface area contributed by atoms with Gasteiger partial charge in [0.05, 0.1) is 35.5 Å². The Morgan fingerprint density at radius 1 is 0.892 bits per heavy atom. The van der Waals surface area contributed by atoms with Gasteiger partial charge in [-0.05, 0) is 93.9 Å². The van der Waals surface area contributed by atoms with Gasteiger partial charge < -0.3 is 14.6 Å². The Morgan fingerprint density at radius 2 is 1.51 bits per heavy atom. The van der Waals surface area contributed by atoms with E-state index in [4.69, 9.17) is 9.47 Å². The van der Waals surface area contributed by atoms with Gasteiger partial charge in [-0.15, -0.1) is 0 Å². The summed E-state index contributed by atoms with van der Waals surface area (Å²) in [6, 6.07) is 21.4. The van der Waals surface area contributed by atoms with Crippen molar-refractivity contribution < 1.29 is 24.2 Å². The number of rotatable bonds is 7. The van der Waals surface area contributed by atoms with Crippen molar-refractivity contribution >= 4 is 23.1 Å². The molecule has 1 atom stereocenters. The lowest BCUT2D eigenvalue weighted by molar-refractivity contribution is -0.132. The molecule has 0 saturated carbocycles. The highest BCUT2D eigenvalue weighted by molar-refractivity contribution is 6.51. The van der Waals surface area contributed by atoms with E-state index in [1.807, 2.05) is 27.7 Å². The molecule has 0 spiro atoms. The van der Waals surface area contributed by atoms with Gasteiger partial charge in [0.25, 0.3) is 11.7 Å². The molecule has 1 aliphatic rings. The Bertz CT molecular complexity index is 1380. The zero-order valence-corrected chi connectivity index (χ0v) is 21.1. The van der Waals surface area contributed by atoms with Crippen LogP contribution in [0.15, 0.2) is 78.4 Å². The van der Waals surface area contributed by atoms with Crippen molar-refractivity contribution in [3.8, 4) is 17.6 Å². The third-order valence-corrected chi connectivity index (χ3v) is 5.76. The summed E-state index contributed by atoms with van der Waals surface area (Å²) in [6.07, 6.45) is -0.0933. The Labute approximate surface area is 216 Å². The monoisotopic (exact) mass is 496 g/mol. The van der Waals surface area contributed by atoms with E-state index in [2.05, 4.69) is 6.07 Å². The molecule has 7 nitrogen and oxygen atoms in total. The highest BCUT2D eigenvalue weighted by Crippen LogP contribution is 2.43. The minimum Gasteiger partial charge on any atom is -0.507 e. The number of hydrogen-bond acceptors (Lipinski definition) is 6. The summed E-state index contributed by atoms with van der Waals surface area (Å²) in [7, 11) is 0. The summed E-state index contributed by atoms with van der Waals surface area (Å²) in [6.45, 7) is 7.63. The third kappa shape index (κ3) is 5.34. The number of aliphatic hydroxyl groups excluding tert-OH is 1. The number of carbonyl (C=O) groups is 2. The van der Waals surface area contributed by atoms with Crippen LogP contribution in [0.4, 0.5) is 5.69 Å². The number of ketones is 1. The van der Waals surface area contributed by atoms with E-state index in [9.17, 15) is 20.0 Å². The smallest absolute Gasteiger partial charge is 0.300 e. The molecular weight excluding hydrogens is 468 g/mol. The molecule has 4 rings (SSSR count). The van der Waals surface area contributed by atoms with Gasteiger partial charge in [-0.2, -0.15) is 5.26 Å². The van der Waals surface area contributed by atoms with Gasteiger partial charge in [-0.1, -0.05) is 12.1 Å². The van der Waals surface area contributed by atoms with E-state index < -0.39 is 17.7 Å². The fourth-order valence-electron chi connectivity index (χ4n) is 4.26. The maximum absolute atomic E-state index is 13.4. The normalized spacial score (nSPS) is 16.8. The maximum atomic E-state index is 13.4. The molecule has 1 unspecified atom stereocenters. The molecule has 1 heterocycles. The minimum absolute atomic E-state index is 0.0162. The molecule has 0 radical (unpaired) electrons. The number of anilines is 1. The Balaban J connectivity index is 1.87. The highest BCUT2D eigenvalue weighted by Gasteiger charge is 2.47. The summed E-state index contributed by atoms with van der Waals surface area (Å²) in [5.74, 6) is -0.658. The first-order valence-corrected chi connectivity index (χ1v) is 12.0. The Kier molecular flexibility index (Phi) is 7.30. The Hall–Kier alpha value is -4.57. The lowest BCUT2D eigenvalue weighted by Crippen LogP contribution is -2.29. The van der Waals surface area contributed by atoms with Crippen molar-refractivity contribution in [2.45, 2.75) is 45.9 Å². The molecule has 3 aromatic carbocycles. The number of amides is 1. The van der Waals surface area contributed by atoms with Gasteiger partial charge >= 0.3 is 0 Å². The van der Waals surface area contributed by atoms with Crippen molar-refractivity contribution in [2.75, 3.05) is 4.90 Å². The minimum atomic E-state index is -0.907. The first kappa shape index (κ1) is 25.5. The first-order valence-electron chi connectivity index (χ1n) is 12.0. The Morgan fingerprint density at radius 3 is 2.11 bits per heavy atom.